The molecule has 0 aromatic rings. The first-order valence-electron chi connectivity index (χ1n) is 11.8. The van der Waals surface area contributed by atoms with Crippen molar-refractivity contribution in [2.24, 2.45) is 28.7 Å². The van der Waals surface area contributed by atoms with Crippen LogP contribution in [-0.4, -0.2) is 77.9 Å². The normalized spacial score (nSPS) is 14.1. The topological polar surface area (TPSA) is 289 Å². The monoisotopic (exact) mass is 516 g/mol. The van der Waals surface area contributed by atoms with Crippen LogP contribution in [0.25, 0.3) is 0 Å². The first kappa shape index (κ1) is 32.7. The van der Waals surface area contributed by atoms with E-state index < -0.39 is 66.1 Å². The van der Waals surface area contributed by atoms with Crippen LogP contribution in [0, 0.1) is 0 Å². The SMILES string of the molecule is NCCCCC(NC(=O)C(CC(N)=O)NC(=O)C(CCCCN)NC(=O)C(N)CCC(N)=O)C(=O)O. The van der Waals surface area contributed by atoms with Gasteiger partial charge in [-0.1, -0.05) is 0 Å². The molecule has 0 aliphatic heterocycles. The summed E-state index contributed by atoms with van der Waals surface area (Å²) in [4.78, 5) is 72.1. The number of hydrogen-bond donors (Lipinski definition) is 9. The van der Waals surface area contributed by atoms with Crippen molar-refractivity contribution in [3.8, 4) is 0 Å². The van der Waals surface area contributed by atoms with Crippen LogP contribution in [-0.2, 0) is 28.8 Å². The molecule has 0 spiro atoms. The summed E-state index contributed by atoms with van der Waals surface area (Å²) >= 11 is 0. The molecule has 0 rings (SSSR count). The minimum atomic E-state index is -1.48. The van der Waals surface area contributed by atoms with Gasteiger partial charge in [0.2, 0.25) is 29.5 Å². The summed E-state index contributed by atoms with van der Waals surface area (Å²) in [7, 11) is 0. The van der Waals surface area contributed by atoms with E-state index in [0.717, 1.165) is 0 Å². The lowest BCUT2D eigenvalue weighted by Gasteiger charge is -2.25. The van der Waals surface area contributed by atoms with Crippen LogP contribution in [0.2, 0.25) is 0 Å². The zero-order valence-electron chi connectivity index (χ0n) is 20.4. The van der Waals surface area contributed by atoms with E-state index in [0.29, 0.717) is 38.8 Å². The smallest absolute Gasteiger partial charge is 0.326 e. The summed E-state index contributed by atoms with van der Waals surface area (Å²) in [6.07, 6.45) is 1.44. The van der Waals surface area contributed by atoms with Gasteiger partial charge < -0.3 is 49.7 Å². The predicted molar refractivity (Wildman–Crippen MR) is 129 cm³/mol. The molecule has 14 N–H and O–H groups in total. The first-order valence-corrected chi connectivity index (χ1v) is 11.8. The van der Waals surface area contributed by atoms with Crippen molar-refractivity contribution in [1.29, 1.82) is 0 Å². The largest absolute Gasteiger partial charge is 0.480 e. The van der Waals surface area contributed by atoms with Crippen molar-refractivity contribution >= 4 is 35.5 Å². The molecule has 0 aliphatic rings. The third-order valence-corrected chi connectivity index (χ3v) is 5.22. The molecule has 0 saturated heterocycles. The fourth-order valence-corrected chi connectivity index (χ4v) is 3.17. The van der Waals surface area contributed by atoms with Crippen LogP contribution in [0.3, 0.4) is 0 Å². The van der Waals surface area contributed by atoms with Crippen LogP contribution in [0.15, 0.2) is 0 Å². The van der Waals surface area contributed by atoms with Gasteiger partial charge in [0.05, 0.1) is 12.5 Å². The molecule has 5 amide bonds. The highest BCUT2D eigenvalue weighted by molar-refractivity contribution is 5.96. The van der Waals surface area contributed by atoms with Crippen LogP contribution in [0.1, 0.15) is 57.8 Å². The number of rotatable bonds is 20. The second kappa shape index (κ2) is 18.0. The zero-order chi connectivity index (χ0) is 27.7. The maximum absolute atomic E-state index is 13.0. The standard InChI is InChI=1S/C21H40N8O7/c22-9-3-1-5-13(27-18(32)12(24)7-8-16(25)30)19(33)29-15(11-17(26)31)20(34)28-14(21(35)36)6-2-4-10-23/h12-15H,1-11,22-24H2,(H2,25,30)(H2,26,31)(H,27,32)(H,28,34)(H,29,33)(H,35,36). The van der Waals surface area contributed by atoms with Gasteiger partial charge in [0, 0.05) is 6.42 Å². The van der Waals surface area contributed by atoms with Crippen LogP contribution in [0.5, 0.6) is 0 Å². The van der Waals surface area contributed by atoms with Gasteiger partial charge >= 0.3 is 5.97 Å². The molecule has 4 atom stereocenters. The van der Waals surface area contributed by atoms with Crippen molar-refractivity contribution in [3.05, 3.63) is 0 Å². The second-order valence-electron chi connectivity index (χ2n) is 8.37. The lowest BCUT2D eigenvalue weighted by atomic mass is 10.0. The number of carbonyl (C=O) groups is 6. The molecular formula is C21H40N8O7. The number of carboxylic acids is 1. The van der Waals surface area contributed by atoms with E-state index in [4.69, 9.17) is 28.7 Å². The fraction of sp³-hybridized carbons (Fsp3) is 0.714. The van der Waals surface area contributed by atoms with Gasteiger partial charge in [-0.15, -0.1) is 0 Å². The summed E-state index contributed by atoms with van der Waals surface area (Å²) in [5, 5.41) is 16.5. The Morgan fingerprint density at radius 2 is 1.11 bits per heavy atom. The number of hydrogen-bond acceptors (Lipinski definition) is 9. The van der Waals surface area contributed by atoms with E-state index in [1.54, 1.807) is 0 Å². The zero-order valence-corrected chi connectivity index (χ0v) is 20.4. The fourth-order valence-electron chi connectivity index (χ4n) is 3.17. The molecule has 0 aromatic heterocycles. The van der Waals surface area contributed by atoms with E-state index in [1.165, 1.54) is 0 Å². The number of amides is 5. The Kier molecular flexibility index (Phi) is 16.4. The summed E-state index contributed by atoms with van der Waals surface area (Å²) < 4.78 is 0. The summed E-state index contributed by atoms with van der Waals surface area (Å²) in [6, 6.07) is -5.01. The molecular weight excluding hydrogens is 476 g/mol. The molecule has 0 aliphatic carbocycles. The lowest BCUT2D eigenvalue weighted by Crippen LogP contribution is -2.57. The Labute approximate surface area is 209 Å². The first-order chi connectivity index (χ1) is 16.9. The van der Waals surface area contributed by atoms with Crippen LogP contribution in [0.4, 0.5) is 0 Å². The van der Waals surface area contributed by atoms with Crippen molar-refractivity contribution in [3.63, 3.8) is 0 Å². The molecule has 15 nitrogen and oxygen atoms in total. The minimum Gasteiger partial charge on any atom is -0.480 e. The predicted octanol–water partition coefficient (Wildman–Crippen LogP) is -3.75. The molecule has 206 valence electrons. The quantitative estimate of drug-likeness (QED) is 0.0712. The van der Waals surface area contributed by atoms with Gasteiger partial charge in [-0.2, -0.15) is 0 Å². The number of primary amides is 2. The van der Waals surface area contributed by atoms with Gasteiger partial charge in [0.25, 0.3) is 0 Å². The third kappa shape index (κ3) is 14.2. The van der Waals surface area contributed by atoms with Crippen molar-refractivity contribution in [1.82, 2.24) is 16.0 Å². The van der Waals surface area contributed by atoms with Gasteiger partial charge in [-0.25, -0.2) is 4.79 Å². The van der Waals surface area contributed by atoms with Crippen molar-refractivity contribution in [2.45, 2.75) is 82.0 Å². The second-order valence-corrected chi connectivity index (χ2v) is 8.37. The Balaban J connectivity index is 5.47. The number of nitrogens with one attached hydrogen (secondary N) is 3. The summed E-state index contributed by atoms with van der Waals surface area (Å²) in [5.74, 6) is -5.29. The van der Waals surface area contributed by atoms with E-state index in [2.05, 4.69) is 16.0 Å². The molecule has 4 unspecified atom stereocenters. The van der Waals surface area contributed by atoms with Crippen LogP contribution >= 0.6 is 0 Å². The molecule has 0 aromatic carbocycles. The van der Waals surface area contributed by atoms with E-state index in [-0.39, 0.29) is 25.7 Å². The highest BCUT2D eigenvalue weighted by atomic mass is 16.4. The molecule has 0 fully saturated rings. The summed E-state index contributed by atoms with van der Waals surface area (Å²) in [6.45, 7) is 0.692. The van der Waals surface area contributed by atoms with Crippen molar-refractivity contribution in [2.75, 3.05) is 13.1 Å². The van der Waals surface area contributed by atoms with E-state index in [9.17, 15) is 33.9 Å². The van der Waals surface area contributed by atoms with Crippen molar-refractivity contribution < 1.29 is 33.9 Å². The molecule has 15 heteroatoms. The average molecular weight is 517 g/mol. The van der Waals surface area contributed by atoms with Gasteiger partial charge in [-0.05, 0) is 58.0 Å². The highest BCUT2D eigenvalue weighted by Gasteiger charge is 2.31. The minimum absolute atomic E-state index is 0.0360. The maximum Gasteiger partial charge on any atom is 0.326 e. The Morgan fingerprint density at radius 1 is 0.639 bits per heavy atom. The highest BCUT2D eigenvalue weighted by Crippen LogP contribution is 2.06. The average Bonchev–Trinajstić information content (AvgIpc) is 2.80. The maximum atomic E-state index is 13.0. The number of carboxylic acid groups (broad SMARTS) is 1. The third-order valence-electron chi connectivity index (χ3n) is 5.22. The van der Waals surface area contributed by atoms with Gasteiger partial charge in [-0.3, -0.25) is 24.0 Å². The van der Waals surface area contributed by atoms with Crippen LogP contribution < -0.4 is 44.6 Å². The molecule has 36 heavy (non-hydrogen) atoms. The number of carbonyl (C=O) groups excluding carboxylic acids is 5. The van der Waals surface area contributed by atoms with E-state index in [1.807, 2.05) is 0 Å². The number of aliphatic carboxylic acids is 1. The Bertz CT molecular complexity index is 765. The van der Waals surface area contributed by atoms with E-state index >= 15 is 0 Å². The molecule has 0 radical (unpaired) electrons. The molecule has 0 saturated carbocycles. The lowest BCUT2D eigenvalue weighted by molar-refractivity contribution is -0.142. The van der Waals surface area contributed by atoms with Gasteiger partial charge in [0.1, 0.15) is 18.1 Å². The molecule has 0 bridgehead atoms. The molecule has 0 heterocycles. The number of nitrogens with two attached hydrogens (primary N) is 5. The Morgan fingerprint density at radius 3 is 1.58 bits per heavy atom. The van der Waals surface area contributed by atoms with Gasteiger partial charge in [0.15, 0.2) is 0 Å². The number of unbranched alkanes of at least 4 members (excludes halogenated alkanes) is 2. The summed E-state index contributed by atoms with van der Waals surface area (Å²) in [5.41, 5.74) is 26.9. The Hall–Kier alpha value is -3.30.